The molecule has 0 bridgehead atoms. The molecule has 60 valence electrons. The summed E-state index contributed by atoms with van der Waals surface area (Å²) in [6.45, 7) is 0. The van der Waals surface area contributed by atoms with Crippen molar-refractivity contribution in [2.75, 3.05) is 7.11 Å². The van der Waals surface area contributed by atoms with Gasteiger partial charge in [0.25, 0.3) is 0 Å². The van der Waals surface area contributed by atoms with Crippen LogP contribution in [-0.2, 0) is 9.53 Å². The zero-order valence-corrected chi connectivity index (χ0v) is 6.23. The first-order valence-electron chi connectivity index (χ1n) is 3.35. The molecule has 0 fully saturated rings. The summed E-state index contributed by atoms with van der Waals surface area (Å²) >= 11 is 0. The van der Waals surface area contributed by atoms with Gasteiger partial charge in [-0.25, -0.2) is 0 Å². The van der Waals surface area contributed by atoms with Crippen molar-refractivity contribution in [1.29, 1.82) is 0 Å². The summed E-state index contributed by atoms with van der Waals surface area (Å²) in [6.07, 6.45) is 4.57. The summed E-state index contributed by atoms with van der Waals surface area (Å²) in [7, 11) is 1.49. The smallest absolute Gasteiger partial charge is 0.178 e. The van der Waals surface area contributed by atoms with Gasteiger partial charge < -0.3 is 9.84 Å². The van der Waals surface area contributed by atoms with Crippen LogP contribution < -0.4 is 0 Å². The van der Waals surface area contributed by atoms with Gasteiger partial charge in [-0.05, 0) is 24.3 Å². The maximum Gasteiger partial charge on any atom is 0.178 e. The normalized spacial score (nSPS) is 30.5. The minimum Gasteiger partial charge on any atom is -0.386 e. The topological polar surface area (TPSA) is 46.5 Å². The largest absolute Gasteiger partial charge is 0.386 e. The van der Waals surface area contributed by atoms with E-state index in [1.54, 1.807) is 6.08 Å². The fourth-order valence-electron chi connectivity index (χ4n) is 0.880. The molecule has 11 heavy (non-hydrogen) atoms. The van der Waals surface area contributed by atoms with Crippen molar-refractivity contribution < 1.29 is 14.6 Å². The third-order valence-electron chi connectivity index (χ3n) is 1.52. The summed E-state index contributed by atoms with van der Waals surface area (Å²) in [5.74, 6) is -0.122. The molecule has 2 unspecified atom stereocenters. The molecule has 0 spiro atoms. The number of rotatable bonds is 1. The van der Waals surface area contributed by atoms with E-state index in [0.717, 1.165) is 0 Å². The Morgan fingerprint density at radius 1 is 1.45 bits per heavy atom. The van der Waals surface area contributed by atoms with E-state index in [9.17, 15) is 9.90 Å². The lowest BCUT2D eigenvalue weighted by Gasteiger charge is -2.12. The van der Waals surface area contributed by atoms with Gasteiger partial charge in [-0.2, -0.15) is 0 Å². The quantitative estimate of drug-likeness (QED) is 0.580. The van der Waals surface area contributed by atoms with Crippen molar-refractivity contribution >= 4 is 5.78 Å². The molecule has 3 heteroatoms. The minimum atomic E-state index is -0.720. The van der Waals surface area contributed by atoms with Gasteiger partial charge in [-0.3, -0.25) is 4.79 Å². The number of allylic oxidation sites excluding steroid dienone is 2. The summed E-state index contributed by atoms with van der Waals surface area (Å²) in [5.41, 5.74) is 0. The fraction of sp³-hybridized carbons (Fsp3) is 0.375. The first-order chi connectivity index (χ1) is 5.24. The molecule has 0 radical (unpaired) electrons. The van der Waals surface area contributed by atoms with Crippen LogP contribution in [0.2, 0.25) is 0 Å². The highest BCUT2D eigenvalue weighted by Crippen LogP contribution is 2.05. The Morgan fingerprint density at radius 3 is 2.73 bits per heavy atom. The van der Waals surface area contributed by atoms with Crippen LogP contribution in [0.5, 0.6) is 0 Å². The van der Waals surface area contributed by atoms with Gasteiger partial charge in [-0.15, -0.1) is 0 Å². The molecule has 1 N–H and O–H groups in total. The number of hydrogen-bond acceptors (Lipinski definition) is 3. The molecule has 0 saturated carbocycles. The van der Waals surface area contributed by atoms with Crippen LogP contribution in [0.1, 0.15) is 0 Å². The van der Waals surface area contributed by atoms with E-state index in [0.29, 0.717) is 0 Å². The highest BCUT2D eigenvalue weighted by Gasteiger charge is 2.14. The SMILES string of the molecule is COC1C=CC(=O)C=CC1O. The van der Waals surface area contributed by atoms with Gasteiger partial charge in [0, 0.05) is 7.11 Å². The second kappa shape index (κ2) is 3.46. The average Bonchev–Trinajstić information content (AvgIpc) is 2.15. The molecule has 0 aromatic heterocycles. The van der Waals surface area contributed by atoms with E-state index in [1.165, 1.54) is 25.3 Å². The number of methoxy groups -OCH3 is 1. The van der Waals surface area contributed by atoms with Crippen molar-refractivity contribution in [3.63, 3.8) is 0 Å². The Bertz CT molecular complexity index is 205. The average molecular weight is 154 g/mol. The Balaban J connectivity index is 2.76. The first kappa shape index (κ1) is 8.17. The second-order valence-corrected chi connectivity index (χ2v) is 2.31. The fourth-order valence-corrected chi connectivity index (χ4v) is 0.880. The molecule has 1 rings (SSSR count). The van der Waals surface area contributed by atoms with Crippen LogP contribution in [0.15, 0.2) is 24.3 Å². The molecule has 0 heterocycles. The van der Waals surface area contributed by atoms with E-state index >= 15 is 0 Å². The Labute approximate surface area is 65.0 Å². The first-order valence-corrected chi connectivity index (χ1v) is 3.35. The predicted molar refractivity (Wildman–Crippen MR) is 40.1 cm³/mol. The van der Waals surface area contributed by atoms with Gasteiger partial charge in [0.2, 0.25) is 0 Å². The van der Waals surface area contributed by atoms with Gasteiger partial charge in [0.1, 0.15) is 12.2 Å². The molecular weight excluding hydrogens is 144 g/mol. The van der Waals surface area contributed by atoms with Crippen LogP contribution in [0, 0.1) is 0 Å². The van der Waals surface area contributed by atoms with Crippen LogP contribution in [-0.4, -0.2) is 30.2 Å². The number of carbonyl (C=O) groups is 1. The summed E-state index contributed by atoms with van der Waals surface area (Å²) < 4.78 is 4.89. The molecule has 0 amide bonds. The molecule has 1 aliphatic carbocycles. The lowest BCUT2D eigenvalue weighted by Crippen LogP contribution is -2.22. The standard InChI is InChI=1S/C8H10O3/c1-11-8-5-3-6(9)2-4-7(8)10/h2-5,7-8,10H,1H3. The van der Waals surface area contributed by atoms with Crippen LogP contribution in [0.4, 0.5) is 0 Å². The Morgan fingerprint density at radius 2 is 2.09 bits per heavy atom. The van der Waals surface area contributed by atoms with E-state index in [1.807, 2.05) is 0 Å². The molecule has 0 saturated heterocycles. The molecule has 0 aromatic rings. The highest BCUT2D eigenvalue weighted by atomic mass is 16.5. The van der Waals surface area contributed by atoms with Crippen LogP contribution in [0.25, 0.3) is 0 Å². The molecule has 2 atom stereocenters. The predicted octanol–water partition coefficient (Wildman–Crippen LogP) is 0.0574. The van der Waals surface area contributed by atoms with Crippen molar-refractivity contribution in [3.05, 3.63) is 24.3 Å². The maximum atomic E-state index is 10.7. The van der Waals surface area contributed by atoms with Crippen LogP contribution in [0.3, 0.4) is 0 Å². The zero-order chi connectivity index (χ0) is 8.27. The Hall–Kier alpha value is -0.930. The summed E-state index contributed by atoms with van der Waals surface area (Å²) in [6, 6.07) is 0. The minimum absolute atomic E-state index is 0.122. The van der Waals surface area contributed by atoms with Crippen molar-refractivity contribution in [2.45, 2.75) is 12.2 Å². The lowest BCUT2D eigenvalue weighted by molar-refractivity contribution is -0.110. The van der Waals surface area contributed by atoms with Crippen molar-refractivity contribution in [3.8, 4) is 0 Å². The summed E-state index contributed by atoms with van der Waals surface area (Å²) in [5, 5.41) is 9.25. The van der Waals surface area contributed by atoms with Gasteiger partial charge in [0.15, 0.2) is 5.78 Å². The number of ether oxygens (including phenoxy) is 1. The third-order valence-corrected chi connectivity index (χ3v) is 1.52. The van der Waals surface area contributed by atoms with Crippen LogP contribution >= 0.6 is 0 Å². The Kier molecular flexibility index (Phi) is 2.57. The number of carbonyl (C=O) groups excluding carboxylic acids is 1. The van der Waals surface area contributed by atoms with Gasteiger partial charge in [-0.1, -0.05) is 0 Å². The van der Waals surface area contributed by atoms with Crippen molar-refractivity contribution in [1.82, 2.24) is 0 Å². The van der Waals surface area contributed by atoms with Gasteiger partial charge >= 0.3 is 0 Å². The molecule has 3 nitrogen and oxygen atoms in total. The number of aliphatic hydroxyl groups excluding tert-OH is 1. The van der Waals surface area contributed by atoms with E-state index in [-0.39, 0.29) is 5.78 Å². The van der Waals surface area contributed by atoms with E-state index < -0.39 is 12.2 Å². The second-order valence-electron chi connectivity index (χ2n) is 2.31. The third kappa shape index (κ3) is 2.00. The number of aliphatic hydroxyl groups is 1. The molecule has 1 aliphatic rings. The monoisotopic (exact) mass is 154 g/mol. The van der Waals surface area contributed by atoms with Gasteiger partial charge in [0.05, 0.1) is 0 Å². The van der Waals surface area contributed by atoms with E-state index in [2.05, 4.69) is 0 Å². The number of ketones is 1. The number of hydrogen-bond donors (Lipinski definition) is 1. The molecule has 0 aliphatic heterocycles. The molecular formula is C8H10O3. The highest BCUT2D eigenvalue weighted by molar-refractivity contribution is 5.99. The summed E-state index contributed by atoms with van der Waals surface area (Å²) in [4.78, 5) is 10.7. The molecule has 0 aromatic carbocycles. The van der Waals surface area contributed by atoms with Crippen molar-refractivity contribution in [2.24, 2.45) is 0 Å². The maximum absolute atomic E-state index is 10.7. The zero-order valence-electron chi connectivity index (χ0n) is 6.23. The van der Waals surface area contributed by atoms with E-state index in [4.69, 9.17) is 4.74 Å². The lowest BCUT2D eigenvalue weighted by atomic mass is 10.2.